The van der Waals surface area contributed by atoms with Crippen LogP contribution in [-0.4, -0.2) is 21.3 Å². The average Bonchev–Trinajstić information content (AvgIpc) is 2.52. The number of halogens is 1. The Kier molecular flexibility index (Phi) is 3.19. The smallest absolute Gasteiger partial charge is 0.270 e. The van der Waals surface area contributed by atoms with Crippen molar-refractivity contribution in [2.24, 2.45) is 0 Å². The maximum absolute atomic E-state index is 12.1. The fourth-order valence-electron chi connectivity index (χ4n) is 1.74. The molecule has 1 N–H and O–H groups in total. The van der Waals surface area contributed by atoms with E-state index in [4.69, 9.17) is 0 Å². The third kappa shape index (κ3) is 2.34. The summed E-state index contributed by atoms with van der Waals surface area (Å²) in [6, 6.07) is 3.90. The van der Waals surface area contributed by atoms with Crippen LogP contribution in [0.5, 0.6) is 0 Å². The lowest BCUT2D eigenvalue weighted by atomic mass is 10.3. The van der Waals surface area contributed by atoms with Gasteiger partial charge in [-0.1, -0.05) is 0 Å². The highest BCUT2D eigenvalue weighted by atomic mass is 79.9. The molecule has 0 saturated heterocycles. The molecule has 2 aromatic heterocycles. The van der Waals surface area contributed by atoms with E-state index in [1.54, 1.807) is 4.40 Å². The molecule has 17 heavy (non-hydrogen) atoms. The fraction of sp³-hybridized carbons (Fsp3) is 0.333. The second-order valence-electron chi connectivity index (χ2n) is 4.25. The van der Waals surface area contributed by atoms with Gasteiger partial charge in [0.2, 0.25) is 0 Å². The molecule has 5 heteroatoms. The van der Waals surface area contributed by atoms with Crippen LogP contribution in [0.2, 0.25) is 0 Å². The first-order valence-electron chi connectivity index (χ1n) is 5.44. The summed E-state index contributed by atoms with van der Waals surface area (Å²) in [5, 5.41) is 2.88. The lowest BCUT2D eigenvalue weighted by Crippen LogP contribution is -2.31. The van der Waals surface area contributed by atoms with Gasteiger partial charge in [0.15, 0.2) is 0 Å². The molecule has 0 saturated carbocycles. The maximum atomic E-state index is 12.1. The highest BCUT2D eigenvalue weighted by Gasteiger charge is 2.16. The van der Waals surface area contributed by atoms with Gasteiger partial charge < -0.3 is 5.32 Å². The Morgan fingerprint density at radius 2 is 2.18 bits per heavy atom. The fourth-order valence-corrected chi connectivity index (χ4v) is 2.08. The molecule has 90 valence electrons. The standard InChI is InChI=1S/C12H14BrN3O/c1-7(2)14-12(17)11-8(3)15-10-5-4-9(13)6-16(10)11/h4-7H,1-3H3,(H,14,17). The summed E-state index contributed by atoms with van der Waals surface area (Å²) in [6.07, 6.45) is 1.85. The second kappa shape index (κ2) is 4.49. The molecule has 0 bridgehead atoms. The third-order valence-electron chi connectivity index (χ3n) is 2.39. The van der Waals surface area contributed by atoms with E-state index in [1.165, 1.54) is 0 Å². The van der Waals surface area contributed by atoms with Crippen molar-refractivity contribution in [1.29, 1.82) is 0 Å². The first-order chi connectivity index (χ1) is 7.99. The molecule has 0 spiro atoms. The number of amides is 1. The number of fused-ring (bicyclic) bond motifs is 1. The van der Waals surface area contributed by atoms with Crippen molar-refractivity contribution in [2.75, 3.05) is 0 Å². The normalized spacial score (nSPS) is 11.1. The molecule has 0 unspecified atom stereocenters. The lowest BCUT2D eigenvalue weighted by molar-refractivity contribution is 0.0936. The monoisotopic (exact) mass is 295 g/mol. The first kappa shape index (κ1) is 12.1. The average molecular weight is 296 g/mol. The number of nitrogens with one attached hydrogen (secondary N) is 1. The van der Waals surface area contributed by atoms with Gasteiger partial charge in [0.1, 0.15) is 11.3 Å². The summed E-state index contributed by atoms with van der Waals surface area (Å²) >= 11 is 3.40. The van der Waals surface area contributed by atoms with E-state index in [2.05, 4.69) is 26.2 Å². The van der Waals surface area contributed by atoms with Crippen molar-refractivity contribution in [3.05, 3.63) is 34.2 Å². The topological polar surface area (TPSA) is 46.4 Å². The number of rotatable bonds is 2. The first-order valence-corrected chi connectivity index (χ1v) is 6.23. The van der Waals surface area contributed by atoms with Gasteiger partial charge in [-0.05, 0) is 48.8 Å². The Morgan fingerprint density at radius 3 is 2.82 bits per heavy atom. The highest BCUT2D eigenvalue weighted by molar-refractivity contribution is 9.10. The number of aromatic nitrogens is 2. The SMILES string of the molecule is Cc1nc2ccc(Br)cn2c1C(=O)NC(C)C. The summed E-state index contributed by atoms with van der Waals surface area (Å²) in [5.41, 5.74) is 2.11. The van der Waals surface area contributed by atoms with Gasteiger partial charge in [-0.2, -0.15) is 0 Å². The number of hydrogen-bond acceptors (Lipinski definition) is 2. The zero-order valence-electron chi connectivity index (χ0n) is 9.99. The van der Waals surface area contributed by atoms with Gasteiger partial charge in [-0.25, -0.2) is 4.98 Å². The Morgan fingerprint density at radius 1 is 1.47 bits per heavy atom. The molecule has 0 aliphatic heterocycles. The molecule has 4 nitrogen and oxygen atoms in total. The molecular weight excluding hydrogens is 282 g/mol. The van der Waals surface area contributed by atoms with Crippen LogP contribution in [0.25, 0.3) is 5.65 Å². The summed E-state index contributed by atoms with van der Waals surface area (Å²) < 4.78 is 2.72. The number of aryl methyl sites for hydroxylation is 1. The molecule has 2 aromatic rings. The van der Waals surface area contributed by atoms with Crippen LogP contribution in [0.15, 0.2) is 22.8 Å². The number of carbonyl (C=O) groups excluding carboxylic acids is 1. The van der Waals surface area contributed by atoms with E-state index in [-0.39, 0.29) is 11.9 Å². The maximum Gasteiger partial charge on any atom is 0.270 e. The van der Waals surface area contributed by atoms with Crippen molar-refractivity contribution >= 4 is 27.5 Å². The molecule has 0 aromatic carbocycles. The molecule has 2 heterocycles. The Hall–Kier alpha value is -1.36. The van der Waals surface area contributed by atoms with Crippen LogP contribution < -0.4 is 5.32 Å². The minimum atomic E-state index is -0.0944. The number of pyridine rings is 1. The van der Waals surface area contributed by atoms with Crippen molar-refractivity contribution in [3.63, 3.8) is 0 Å². The zero-order valence-corrected chi connectivity index (χ0v) is 11.6. The van der Waals surface area contributed by atoms with Gasteiger partial charge in [0, 0.05) is 16.7 Å². The molecule has 0 atom stereocenters. The van der Waals surface area contributed by atoms with Crippen LogP contribution in [0, 0.1) is 6.92 Å². The van der Waals surface area contributed by atoms with E-state index in [9.17, 15) is 4.79 Å². The number of hydrogen-bond donors (Lipinski definition) is 1. The van der Waals surface area contributed by atoms with Crippen LogP contribution in [-0.2, 0) is 0 Å². The Labute approximate surface area is 108 Å². The predicted molar refractivity (Wildman–Crippen MR) is 70.2 cm³/mol. The molecule has 1 amide bonds. The number of carbonyl (C=O) groups is 1. The van der Waals surface area contributed by atoms with Gasteiger partial charge in [-0.3, -0.25) is 9.20 Å². The van der Waals surface area contributed by atoms with Crippen LogP contribution in [0.4, 0.5) is 0 Å². The Balaban J connectivity index is 2.55. The summed E-state index contributed by atoms with van der Waals surface area (Å²) in [4.78, 5) is 16.4. The highest BCUT2D eigenvalue weighted by Crippen LogP contribution is 2.16. The third-order valence-corrected chi connectivity index (χ3v) is 2.86. The lowest BCUT2D eigenvalue weighted by Gasteiger charge is -2.08. The van der Waals surface area contributed by atoms with Gasteiger partial charge >= 0.3 is 0 Å². The van der Waals surface area contributed by atoms with Crippen LogP contribution in [0.3, 0.4) is 0 Å². The number of imidazole rings is 1. The summed E-state index contributed by atoms with van der Waals surface area (Å²) in [7, 11) is 0. The van der Waals surface area contributed by atoms with Crippen molar-refractivity contribution < 1.29 is 4.79 Å². The Bertz CT molecular complexity index is 574. The van der Waals surface area contributed by atoms with E-state index < -0.39 is 0 Å². The molecule has 2 rings (SSSR count). The molecule has 0 radical (unpaired) electrons. The van der Waals surface area contributed by atoms with E-state index in [0.717, 1.165) is 15.8 Å². The number of nitrogens with zero attached hydrogens (tertiary/aromatic N) is 2. The summed E-state index contributed by atoms with van der Waals surface area (Å²) in [5.74, 6) is -0.0944. The summed E-state index contributed by atoms with van der Waals surface area (Å²) in [6.45, 7) is 5.72. The van der Waals surface area contributed by atoms with E-state index >= 15 is 0 Å². The van der Waals surface area contributed by atoms with Gasteiger partial charge in [0.25, 0.3) is 5.91 Å². The van der Waals surface area contributed by atoms with Crippen molar-refractivity contribution in [3.8, 4) is 0 Å². The molecular formula is C12H14BrN3O. The zero-order chi connectivity index (χ0) is 12.6. The van der Waals surface area contributed by atoms with Crippen LogP contribution >= 0.6 is 15.9 Å². The molecule has 0 fully saturated rings. The minimum Gasteiger partial charge on any atom is -0.349 e. The van der Waals surface area contributed by atoms with Gasteiger partial charge in [0.05, 0.1) is 5.69 Å². The van der Waals surface area contributed by atoms with E-state index in [1.807, 2.05) is 39.1 Å². The largest absolute Gasteiger partial charge is 0.349 e. The van der Waals surface area contributed by atoms with Crippen molar-refractivity contribution in [2.45, 2.75) is 26.8 Å². The second-order valence-corrected chi connectivity index (χ2v) is 5.17. The van der Waals surface area contributed by atoms with Crippen molar-refractivity contribution in [1.82, 2.24) is 14.7 Å². The quantitative estimate of drug-likeness (QED) is 0.925. The minimum absolute atomic E-state index is 0.0944. The van der Waals surface area contributed by atoms with E-state index in [0.29, 0.717) is 5.69 Å². The molecule has 0 aliphatic carbocycles. The van der Waals surface area contributed by atoms with Gasteiger partial charge in [-0.15, -0.1) is 0 Å². The molecule has 0 aliphatic rings. The van der Waals surface area contributed by atoms with Crippen LogP contribution in [0.1, 0.15) is 30.0 Å². The predicted octanol–water partition coefficient (Wildman–Crippen LogP) is 2.54.